The highest BCUT2D eigenvalue weighted by atomic mass is 16.5. The molecule has 22 heavy (non-hydrogen) atoms. The fraction of sp³-hybridized carbons (Fsp3) is 0.750. The van der Waals surface area contributed by atoms with Crippen molar-refractivity contribution >= 4 is 17.3 Å². The summed E-state index contributed by atoms with van der Waals surface area (Å²) in [5.74, 6) is 2.63. The molecule has 6 nitrogen and oxygen atoms in total. The van der Waals surface area contributed by atoms with Crippen LogP contribution in [0.25, 0.3) is 0 Å². The van der Waals surface area contributed by atoms with Gasteiger partial charge in [-0.3, -0.25) is 0 Å². The lowest BCUT2D eigenvalue weighted by Crippen LogP contribution is -2.33. The predicted molar refractivity (Wildman–Crippen MR) is 93.3 cm³/mol. The van der Waals surface area contributed by atoms with Gasteiger partial charge in [0.15, 0.2) is 11.6 Å². The third-order valence-electron chi connectivity index (χ3n) is 3.15. The summed E-state index contributed by atoms with van der Waals surface area (Å²) < 4.78 is 5.05. The highest BCUT2D eigenvalue weighted by Crippen LogP contribution is 2.27. The molecule has 1 heterocycles. The lowest BCUT2D eigenvalue weighted by Gasteiger charge is -2.28. The molecule has 0 aliphatic heterocycles. The van der Waals surface area contributed by atoms with Crippen LogP contribution in [-0.2, 0) is 4.74 Å². The van der Waals surface area contributed by atoms with E-state index in [1.54, 1.807) is 13.4 Å². The van der Waals surface area contributed by atoms with E-state index in [1.807, 2.05) is 0 Å². The molecule has 1 aromatic rings. The first-order valence-corrected chi connectivity index (χ1v) is 8.03. The van der Waals surface area contributed by atoms with Crippen molar-refractivity contribution in [1.82, 2.24) is 9.97 Å². The van der Waals surface area contributed by atoms with Gasteiger partial charge in [0.05, 0.1) is 0 Å². The van der Waals surface area contributed by atoms with Crippen LogP contribution in [0.5, 0.6) is 0 Å². The lowest BCUT2D eigenvalue weighted by molar-refractivity contribution is 0.198. The third kappa shape index (κ3) is 6.05. The van der Waals surface area contributed by atoms with Crippen molar-refractivity contribution in [3.8, 4) is 0 Å². The molecule has 0 spiro atoms. The molecule has 0 saturated heterocycles. The summed E-state index contributed by atoms with van der Waals surface area (Å²) in [6.07, 6.45) is 2.50. The van der Waals surface area contributed by atoms with Crippen LogP contribution in [0.2, 0.25) is 0 Å². The second-order valence-corrected chi connectivity index (χ2v) is 6.43. The van der Waals surface area contributed by atoms with Crippen molar-refractivity contribution < 1.29 is 4.74 Å². The van der Waals surface area contributed by atoms with E-state index >= 15 is 0 Å². The van der Waals surface area contributed by atoms with Gasteiger partial charge in [-0.25, -0.2) is 9.97 Å². The Morgan fingerprint density at radius 1 is 1.18 bits per heavy atom. The van der Waals surface area contributed by atoms with Crippen LogP contribution in [0.15, 0.2) is 6.33 Å². The molecule has 0 fully saturated rings. The summed E-state index contributed by atoms with van der Waals surface area (Å²) in [6.45, 7) is 12.2. The summed E-state index contributed by atoms with van der Waals surface area (Å²) in [5.41, 5.74) is 6.92. The van der Waals surface area contributed by atoms with Gasteiger partial charge >= 0.3 is 0 Å². The highest BCUT2D eigenvalue weighted by molar-refractivity contribution is 5.74. The zero-order valence-electron chi connectivity index (χ0n) is 14.6. The van der Waals surface area contributed by atoms with Gasteiger partial charge in [-0.15, -0.1) is 0 Å². The van der Waals surface area contributed by atoms with Gasteiger partial charge in [0.2, 0.25) is 0 Å². The van der Waals surface area contributed by atoms with Gasteiger partial charge in [-0.05, 0) is 18.3 Å². The molecule has 0 aromatic carbocycles. The van der Waals surface area contributed by atoms with Crippen molar-refractivity contribution in [2.75, 3.05) is 49.3 Å². The molecule has 0 saturated carbocycles. The second kappa shape index (κ2) is 9.46. The van der Waals surface area contributed by atoms with E-state index in [9.17, 15) is 0 Å². The van der Waals surface area contributed by atoms with Crippen LogP contribution in [0.1, 0.15) is 34.1 Å². The minimum atomic E-state index is 0.547. The quantitative estimate of drug-likeness (QED) is 0.647. The maximum Gasteiger partial charge on any atom is 0.157 e. The molecule has 0 aliphatic rings. The number of hydrogen-bond donors (Lipinski definition) is 2. The average Bonchev–Trinajstić information content (AvgIpc) is 2.43. The van der Waals surface area contributed by atoms with Gasteiger partial charge in [-0.1, -0.05) is 27.7 Å². The van der Waals surface area contributed by atoms with Gasteiger partial charge < -0.3 is 20.7 Å². The van der Waals surface area contributed by atoms with Gasteiger partial charge in [0.25, 0.3) is 0 Å². The van der Waals surface area contributed by atoms with Crippen molar-refractivity contribution in [1.29, 1.82) is 0 Å². The van der Waals surface area contributed by atoms with E-state index in [1.165, 1.54) is 0 Å². The molecule has 0 radical (unpaired) electrons. The summed E-state index contributed by atoms with van der Waals surface area (Å²) in [7, 11) is 1.70. The van der Waals surface area contributed by atoms with Crippen molar-refractivity contribution in [2.45, 2.75) is 34.1 Å². The second-order valence-electron chi connectivity index (χ2n) is 6.43. The number of ether oxygens (including phenoxy) is 1. The molecule has 3 N–H and O–H groups in total. The Morgan fingerprint density at radius 2 is 1.82 bits per heavy atom. The molecule has 0 aliphatic carbocycles. The third-order valence-corrected chi connectivity index (χ3v) is 3.15. The first-order chi connectivity index (χ1) is 10.5. The fourth-order valence-corrected chi connectivity index (χ4v) is 2.33. The Morgan fingerprint density at radius 3 is 2.36 bits per heavy atom. The maximum atomic E-state index is 6.29. The van der Waals surface area contributed by atoms with E-state index in [0.29, 0.717) is 23.3 Å². The normalized spacial score (nSPS) is 11.2. The summed E-state index contributed by atoms with van der Waals surface area (Å²) in [4.78, 5) is 10.9. The van der Waals surface area contributed by atoms with E-state index in [0.717, 1.165) is 38.5 Å². The first kappa shape index (κ1) is 18.5. The molecule has 0 unspecified atom stereocenters. The number of nitrogens with zero attached hydrogens (tertiary/aromatic N) is 3. The van der Waals surface area contributed by atoms with Crippen LogP contribution in [0.3, 0.4) is 0 Å². The van der Waals surface area contributed by atoms with Crippen LogP contribution >= 0.6 is 0 Å². The Labute approximate surface area is 134 Å². The fourth-order valence-electron chi connectivity index (χ4n) is 2.33. The summed E-state index contributed by atoms with van der Waals surface area (Å²) in [5, 5.41) is 3.27. The number of rotatable bonds is 10. The highest BCUT2D eigenvalue weighted by Gasteiger charge is 2.17. The molecule has 126 valence electrons. The number of nitrogens with two attached hydrogens (primary N) is 1. The van der Waals surface area contributed by atoms with Gasteiger partial charge in [0, 0.05) is 33.4 Å². The van der Waals surface area contributed by atoms with E-state index in [-0.39, 0.29) is 0 Å². The van der Waals surface area contributed by atoms with E-state index < -0.39 is 0 Å². The number of methoxy groups -OCH3 is 1. The molecule has 1 aromatic heterocycles. The molecular formula is C16H31N5O. The van der Waals surface area contributed by atoms with Crippen molar-refractivity contribution in [3.63, 3.8) is 0 Å². The topological polar surface area (TPSA) is 76.3 Å². The zero-order valence-corrected chi connectivity index (χ0v) is 14.6. The summed E-state index contributed by atoms with van der Waals surface area (Å²) in [6, 6.07) is 0. The minimum Gasteiger partial charge on any atom is -0.393 e. The van der Waals surface area contributed by atoms with Crippen LogP contribution in [-0.4, -0.2) is 43.3 Å². The molecular weight excluding hydrogens is 278 g/mol. The largest absolute Gasteiger partial charge is 0.393 e. The van der Waals surface area contributed by atoms with Crippen molar-refractivity contribution in [3.05, 3.63) is 6.33 Å². The Balaban J connectivity index is 2.86. The Kier molecular flexibility index (Phi) is 7.95. The lowest BCUT2D eigenvalue weighted by atomic mass is 10.1. The van der Waals surface area contributed by atoms with Crippen LogP contribution < -0.4 is 16.0 Å². The SMILES string of the molecule is COCCCNc1ncnc(N(CC(C)C)CC(C)C)c1N. The Bertz CT molecular complexity index is 427. The van der Waals surface area contributed by atoms with Gasteiger partial charge in [0.1, 0.15) is 12.0 Å². The van der Waals surface area contributed by atoms with Crippen LogP contribution in [0.4, 0.5) is 17.3 Å². The van der Waals surface area contributed by atoms with E-state index in [4.69, 9.17) is 10.5 Å². The molecule has 0 amide bonds. The molecule has 1 rings (SSSR count). The number of nitrogen functional groups attached to an aromatic ring is 1. The molecule has 0 bridgehead atoms. The average molecular weight is 309 g/mol. The molecule has 6 heteroatoms. The van der Waals surface area contributed by atoms with Crippen LogP contribution in [0, 0.1) is 11.8 Å². The summed E-state index contributed by atoms with van der Waals surface area (Å²) >= 11 is 0. The number of aromatic nitrogens is 2. The Hall–Kier alpha value is -1.56. The zero-order chi connectivity index (χ0) is 16.5. The van der Waals surface area contributed by atoms with Gasteiger partial charge in [-0.2, -0.15) is 0 Å². The number of nitrogens with one attached hydrogen (secondary N) is 1. The minimum absolute atomic E-state index is 0.547. The van der Waals surface area contributed by atoms with Crippen molar-refractivity contribution in [2.24, 2.45) is 11.8 Å². The maximum absolute atomic E-state index is 6.29. The smallest absolute Gasteiger partial charge is 0.157 e. The first-order valence-electron chi connectivity index (χ1n) is 8.03. The standard InChI is InChI=1S/C16H31N5O/c1-12(2)9-21(10-13(3)4)16-14(17)15(19-11-20-16)18-7-6-8-22-5/h11-13H,6-10,17H2,1-5H3,(H,18,19,20). The monoisotopic (exact) mass is 309 g/mol. The number of hydrogen-bond acceptors (Lipinski definition) is 6. The molecule has 0 atom stereocenters. The van der Waals surface area contributed by atoms with E-state index in [2.05, 4.69) is 47.9 Å². The number of anilines is 3. The predicted octanol–water partition coefficient (Wildman–Crippen LogP) is 2.63.